The molecule has 1 nitrogen and oxygen atoms in total. The largest absolute Gasteiger partial charge is 0.297 e. The van der Waals surface area contributed by atoms with Crippen molar-refractivity contribution in [2.45, 2.75) is 45.4 Å². The van der Waals surface area contributed by atoms with Crippen LogP contribution in [0.2, 0.25) is 0 Å². The summed E-state index contributed by atoms with van der Waals surface area (Å²) in [6.45, 7) is 9.17. The maximum absolute atomic E-state index is 4.44. The highest BCUT2D eigenvalue weighted by Crippen LogP contribution is 2.22. The Labute approximate surface area is 76.6 Å². The van der Waals surface area contributed by atoms with Gasteiger partial charge in [0, 0.05) is 17.3 Å². The summed E-state index contributed by atoms with van der Waals surface area (Å²) in [4.78, 5) is 2.49. The zero-order chi connectivity index (χ0) is 7.78. The summed E-state index contributed by atoms with van der Waals surface area (Å²) < 4.78 is 0. The second-order valence-electron chi connectivity index (χ2n) is 4.06. The number of hydrogen-bond donors (Lipinski definition) is 1. The molecule has 0 amide bonds. The van der Waals surface area contributed by atoms with Gasteiger partial charge in [-0.1, -0.05) is 7.43 Å². The van der Waals surface area contributed by atoms with E-state index in [0.29, 0.717) is 10.8 Å². The summed E-state index contributed by atoms with van der Waals surface area (Å²) in [5.41, 5.74) is 0.345. The molecule has 0 aromatic heterocycles. The third kappa shape index (κ3) is 3.04. The van der Waals surface area contributed by atoms with Crippen LogP contribution in [0.15, 0.2) is 0 Å². The lowest BCUT2D eigenvalue weighted by Gasteiger charge is -2.31. The Morgan fingerprint density at radius 3 is 2.09 bits per heavy atom. The number of nitrogens with zero attached hydrogens (tertiary/aromatic N) is 1. The number of likely N-dealkylation sites (tertiary alicyclic amines) is 1. The van der Waals surface area contributed by atoms with E-state index >= 15 is 0 Å². The molecule has 1 saturated heterocycles. The van der Waals surface area contributed by atoms with Crippen molar-refractivity contribution >= 4 is 12.6 Å². The molecule has 1 aliphatic rings. The van der Waals surface area contributed by atoms with Crippen molar-refractivity contribution in [2.75, 3.05) is 13.1 Å². The number of rotatable bonds is 0. The van der Waals surface area contributed by atoms with Crippen LogP contribution in [0.1, 0.15) is 34.6 Å². The van der Waals surface area contributed by atoms with Crippen LogP contribution in [0.5, 0.6) is 0 Å². The van der Waals surface area contributed by atoms with Crippen LogP contribution in [0, 0.1) is 0 Å². The van der Waals surface area contributed by atoms with Crippen LogP contribution in [0.25, 0.3) is 0 Å². The van der Waals surface area contributed by atoms with Crippen molar-refractivity contribution < 1.29 is 0 Å². The summed E-state index contributed by atoms with van der Waals surface area (Å²) in [5.74, 6) is 0. The third-order valence-corrected chi connectivity index (χ3v) is 2.53. The van der Waals surface area contributed by atoms with Gasteiger partial charge in [-0.15, -0.1) is 0 Å². The van der Waals surface area contributed by atoms with E-state index in [1.54, 1.807) is 0 Å². The van der Waals surface area contributed by atoms with E-state index in [4.69, 9.17) is 0 Å². The van der Waals surface area contributed by atoms with Crippen LogP contribution < -0.4 is 0 Å². The normalized spacial score (nSPS) is 26.7. The quantitative estimate of drug-likeness (QED) is 0.553. The molecule has 68 valence electrons. The summed E-state index contributed by atoms with van der Waals surface area (Å²) in [7, 11) is 0. The van der Waals surface area contributed by atoms with E-state index in [-0.39, 0.29) is 7.43 Å². The number of hydrogen-bond acceptors (Lipinski definition) is 2. The maximum Gasteiger partial charge on any atom is 0.0157 e. The Kier molecular flexibility index (Phi) is 3.92. The van der Waals surface area contributed by atoms with Crippen LogP contribution in [0.4, 0.5) is 0 Å². The molecule has 2 heteroatoms. The Hall–Kier alpha value is 0.310. The smallest absolute Gasteiger partial charge is 0.0157 e. The molecule has 0 N–H and O–H groups in total. The first-order valence-electron chi connectivity index (χ1n) is 3.93. The molecule has 0 bridgehead atoms. The first-order chi connectivity index (χ1) is 4.50. The molecule has 1 rings (SSSR count). The first-order valence-corrected chi connectivity index (χ1v) is 4.45. The van der Waals surface area contributed by atoms with Gasteiger partial charge in [-0.05, 0) is 33.7 Å². The van der Waals surface area contributed by atoms with E-state index in [0.717, 1.165) is 6.54 Å². The second-order valence-corrected chi connectivity index (χ2v) is 4.79. The minimum atomic E-state index is 0. The van der Waals surface area contributed by atoms with Crippen molar-refractivity contribution in [3.8, 4) is 0 Å². The highest BCUT2D eigenvalue weighted by Gasteiger charge is 2.27. The molecule has 0 saturated carbocycles. The number of thiol groups is 1. The molecule has 1 atom stereocenters. The molecule has 0 aromatic rings. The molecule has 0 spiro atoms. The van der Waals surface area contributed by atoms with Crippen LogP contribution >= 0.6 is 12.6 Å². The molecule has 0 aromatic carbocycles. The average molecular weight is 175 g/mol. The van der Waals surface area contributed by atoms with E-state index in [1.807, 2.05) is 0 Å². The molecule has 1 aliphatic heterocycles. The highest BCUT2D eigenvalue weighted by atomic mass is 32.1. The lowest BCUT2D eigenvalue weighted by molar-refractivity contribution is 0.176. The van der Waals surface area contributed by atoms with Crippen LogP contribution in [0.3, 0.4) is 0 Å². The fourth-order valence-corrected chi connectivity index (χ4v) is 1.66. The Bertz CT molecular complexity index is 117. The summed E-state index contributed by atoms with van der Waals surface area (Å²) >= 11 is 4.44. The fourth-order valence-electron chi connectivity index (χ4n) is 1.35. The monoisotopic (exact) mass is 175 g/mol. The van der Waals surface area contributed by atoms with Gasteiger partial charge in [0.05, 0.1) is 0 Å². The third-order valence-electron chi connectivity index (χ3n) is 2.11. The van der Waals surface area contributed by atoms with Gasteiger partial charge in [0.1, 0.15) is 0 Å². The Morgan fingerprint density at radius 1 is 1.36 bits per heavy atom. The molecule has 1 heterocycles. The predicted molar refractivity (Wildman–Crippen MR) is 55.4 cm³/mol. The summed E-state index contributed by atoms with van der Waals surface area (Å²) in [6, 6.07) is 0. The van der Waals surface area contributed by atoms with E-state index in [9.17, 15) is 0 Å². The molecule has 0 radical (unpaired) electrons. The van der Waals surface area contributed by atoms with Gasteiger partial charge < -0.3 is 0 Å². The maximum atomic E-state index is 4.44. The van der Waals surface area contributed by atoms with E-state index in [1.165, 1.54) is 13.0 Å². The lowest BCUT2D eigenvalue weighted by atomic mass is 10.1. The first kappa shape index (κ1) is 11.3. The SMILES string of the molecule is C.CC(C)(C)N1CCC(S)C1. The average Bonchev–Trinajstić information content (AvgIpc) is 2.11. The zero-order valence-corrected chi connectivity index (χ0v) is 7.99. The van der Waals surface area contributed by atoms with Crippen molar-refractivity contribution in [1.29, 1.82) is 0 Å². The van der Waals surface area contributed by atoms with Crippen molar-refractivity contribution in [1.82, 2.24) is 4.90 Å². The second kappa shape index (κ2) is 3.81. The van der Waals surface area contributed by atoms with Gasteiger partial charge in [-0.2, -0.15) is 12.6 Å². The van der Waals surface area contributed by atoms with Crippen LogP contribution in [-0.2, 0) is 0 Å². The molecule has 11 heavy (non-hydrogen) atoms. The predicted octanol–water partition coefficient (Wildman–Crippen LogP) is 2.43. The van der Waals surface area contributed by atoms with Gasteiger partial charge in [-0.25, -0.2) is 0 Å². The van der Waals surface area contributed by atoms with E-state index < -0.39 is 0 Å². The van der Waals surface area contributed by atoms with Gasteiger partial charge in [-0.3, -0.25) is 4.90 Å². The van der Waals surface area contributed by atoms with Gasteiger partial charge >= 0.3 is 0 Å². The Morgan fingerprint density at radius 2 is 1.91 bits per heavy atom. The van der Waals surface area contributed by atoms with Crippen molar-refractivity contribution in [2.24, 2.45) is 0 Å². The lowest BCUT2D eigenvalue weighted by Crippen LogP contribution is -2.39. The van der Waals surface area contributed by atoms with Crippen molar-refractivity contribution in [3.63, 3.8) is 0 Å². The molecule has 1 unspecified atom stereocenters. The van der Waals surface area contributed by atoms with Crippen LogP contribution in [-0.4, -0.2) is 28.8 Å². The standard InChI is InChI=1S/C8H17NS.CH4/c1-8(2,3)9-5-4-7(10)6-9;/h7,10H,4-6H2,1-3H3;1H4. The van der Waals surface area contributed by atoms with Crippen molar-refractivity contribution in [3.05, 3.63) is 0 Å². The molecule has 1 fully saturated rings. The minimum absolute atomic E-state index is 0. The molecular weight excluding hydrogens is 154 g/mol. The minimum Gasteiger partial charge on any atom is -0.297 e. The molecule has 0 aliphatic carbocycles. The van der Waals surface area contributed by atoms with E-state index in [2.05, 4.69) is 38.3 Å². The fraction of sp³-hybridized carbons (Fsp3) is 1.00. The van der Waals surface area contributed by atoms with Gasteiger partial charge in [0.15, 0.2) is 0 Å². The highest BCUT2D eigenvalue weighted by molar-refractivity contribution is 7.81. The molecular formula is C9H21NS. The zero-order valence-electron chi connectivity index (χ0n) is 7.09. The summed E-state index contributed by atoms with van der Waals surface area (Å²) in [5, 5.41) is 0.610. The van der Waals surface area contributed by atoms with Gasteiger partial charge in [0.25, 0.3) is 0 Å². The van der Waals surface area contributed by atoms with Gasteiger partial charge in [0.2, 0.25) is 0 Å². The Balaban J connectivity index is 0.000001000. The topological polar surface area (TPSA) is 3.24 Å². The summed E-state index contributed by atoms with van der Waals surface area (Å²) in [6.07, 6.45) is 1.25.